The fourth-order valence-corrected chi connectivity index (χ4v) is 6.09. The van der Waals surface area contributed by atoms with Crippen LogP contribution in [0.3, 0.4) is 0 Å². The van der Waals surface area contributed by atoms with Gasteiger partial charge in [-0.3, -0.25) is 9.59 Å². The standard InChI is InChI=1S/C30H32ClNO4/c1-4-32-22-7-5-9-24(33)28(22)27(29-23(32)8-6-10-25(29)34)20-15-21(31)30(26(16-20)35-3)36-17-19-13-11-18(2)12-14-19/h11-16,27H,4-10,17H2,1-3H3. The Balaban J connectivity index is 1.59. The van der Waals surface area contributed by atoms with E-state index in [1.165, 1.54) is 5.56 Å². The Morgan fingerprint density at radius 2 is 1.56 bits per heavy atom. The van der Waals surface area contributed by atoms with E-state index in [2.05, 4.69) is 11.8 Å². The molecular weight excluding hydrogens is 474 g/mol. The van der Waals surface area contributed by atoms with Crippen LogP contribution in [0.1, 0.15) is 68.1 Å². The molecule has 0 N–H and O–H groups in total. The summed E-state index contributed by atoms with van der Waals surface area (Å²) in [6.07, 6.45) is 4.39. The topological polar surface area (TPSA) is 55.8 Å². The van der Waals surface area contributed by atoms with Gasteiger partial charge in [0.1, 0.15) is 6.61 Å². The first-order chi connectivity index (χ1) is 17.4. The lowest BCUT2D eigenvalue weighted by atomic mass is 9.71. The van der Waals surface area contributed by atoms with Gasteiger partial charge in [0.25, 0.3) is 0 Å². The number of ketones is 2. The minimum atomic E-state index is -0.420. The van der Waals surface area contributed by atoms with E-state index < -0.39 is 5.92 Å². The van der Waals surface area contributed by atoms with Crippen LogP contribution >= 0.6 is 11.6 Å². The zero-order chi connectivity index (χ0) is 25.4. The predicted molar refractivity (Wildman–Crippen MR) is 140 cm³/mol. The number of benzene rings is 2. The van der Waals surface area contributed by atoms with Gasteiger partial charge < -0.3 is 14.4 Å². The number of methoxy groups -OCH3 is 1. The van der Waals surface area contributed by atoms with Gasteiger partial charge in [0.15, 0.2) is 23.1 Å². The van der Waals surface area contributed by atoms with Crippen molar-refractivity contribution in [1.82, 2.24) is 4.90 Å². The van der Waals surface area contributed by atoms with Crippen LogP contribution in [0.15, 0.2) is 58.9 Å². The summed E-state index contributed by atoms with van der Waals surface area (Å²) in [6.45, 7) is 5.24. The third kappa shape index (κ3) is 4.34. The molecule has 0 unspecified atom stereocenters. The van der Waals surface area contributed by atoms with E-state index >= 15 is 0 Å². The number of hydrogen-bond acceptors (Lipinski definition) is 5. The van der Waals surface area contributed by atoms with E-state index in [9.17, 15) is 9.59 Å². The molecule has 5 nitrogen and oxygen atoms in total. The summed E-state index contributed by atoms with van der Waals surface area (Å²) in [5.74, 6) is 0.788. The molecule has 2 aliphatic carbocycles. The number of nitrogens with zero attached hydrogens (tertiary/aromatic N) is 1. The molecule has 0 aromatic heterocycles. The van der Waals surface area contributed by atoms with Gasteiger partial charge in [-0.05, 0) is 62.8 Å². The lowest BCUT2D eigenvalue weighted by Gasteiger charge is -2.43. The fraction of sp³-hybridized carbons (Fsp3) is 0.400. The normalized spacial score (nSPS) is 18.4. The third-order valence-corrected chi connectivity index (χ3v) is 7.77. The summed E-state index contributed by atoms with van der Waals surface area (Å²) < 4.78 is 11.8. The van der Waals surface area contributed by atoms with Crippen LogP contribution < -0.4 is 9.47 Å². The molecule has 2 aromatic rings. The Labute approximate surface area is 217 Å². The second kappa shape index (κ2) is 10.1. The van der Waals surface area contributed by atoms with Crippen molar-refractivity contribution < 1.29 is 19.1 Å². The SMILES string of the molecule is CCN1C2=C(C(=O)CCC2)C(c2cc(Cl)c(OCc3ccc(C)cc3)c(OC)c2)C2=C1CCCC2=O. The van der Waals surface area contributed by atoms with Crippen molar-refractivity contribution in [2.45, 2.75) is 64.9 Å². The molecule has 0 radical (unpaired) electrons. The average molecular weight is 506 g/mol. The van der Waals surface area contributed by atoms with Crippen LogP contribution in [0.2, 0.25) is 5.02 Å². The Bertz CT molecular complexity index is 1230. The zero-order valence-corrected chi connectivity index (χ0v) is 21.9. The average Bonchev–Trinajstić information content (AvgIpc) is 2.87. The van der Waals surface area contributed by atoms with Crippen molar-refractivity contribution in [1.29, 1.82) is 0 Å². The van der Waals surface area contributed by atoms with Crippen molar-refractivity contribution in [3.8, 4) is 11.5 Å². The molecule has 3 aliphatic rings. The molecule has 0 fully saturated rings. The van der Waals surface area contributed by atoms with Crippen LogP contribution in [0, 0.1) is 6.92 Å². The minimum Gasteiger partial charge on any atom is -0.493 e. The molecule has 0 saturated carbocycles. The highest BCUT2D eigenvalue weighted by Gasteiger charge is 2.43. The summed E-state index contributed by atoms with van der Waals surface area (Å²) in [4.78, 5) is 28.9. The number of Topliss-reactive ketones (excluding diaryl/α,β-unsaturated/α-hetero) is 2. The highest BCUT2D eigenvalue weighted by molar-refractivity contribution is 6.32. The van der Waals surface area contributed by atoms with Crippen LogP contribution in [-0.2, 0) is 16.2 Å². The molecule has 0 saturated heterocycles. The van der Waals surface area contributed by atoms with E-state index in [4.69, 9.17) is 21.1 Å². The molecule has 0 bridgehead atoms. The second-order valence-corrected chi connectivity index (χ2v) is 10.2. The summed E-state index contributed by atoms with van der Waals surface area (Å²) in [6, 6.07) is 11.9. The first-order valence-corrected chi connectivity index (χ1v) is 13.2. The van der Waals surface area contributed by atoms with Gasteiger partial charge in [-0.2, -0.15) is 0 Å². The van der Waals surface area contributed by atoms with Gasteiger partial charge in [0.05, 0.1) is 12.1 Å². The van der Waals surface area contributed by atoms with Gasteiger partial charge in [0.2, 0.25) is 0 Å². The molecule has 0 amide bonds. The number of allylic oxidation sites excluding steroid dienone is 4. The van der Waals surface area contributed by atoms with Gasteiger partial charge in [-0.25, -0.2) is 0 Å². The van der Waals surface area contributed by atoms with E-state index in [0.717, 1.165) is 65.9 Å². The number of carbonyl (C=O) groups is 2. The van der Waals surface area contributed by atoms with Crippen molar-refractivity contribution >= 4 is 23.2 Å². The maximum absolute atomic E-state index is 13.3. The highest BCUT2D eigenvalue weighted by atomic mass is 35.5. The molecule has 6 heteroatoms. The quantitative estimate of drug-likeness (QED) is 0.439. The molecule has 1 aliphatic heterocycles. The van der Waals surface area contributed by atoms with E-state index in [1.54, 1.807) is 7.11 Å². The van der Waals surface area contributed by atoms with Crippen LogP contribution in [0.25, 0.3) is 0 Å². The predicted octanol–water partition coefficient (Wildman–Crippen LogP) is 6.67. The lowest BCUT2D eigenvalue weighted by Crippen LogP contribution is -2.39. The van der Waals surface area contributed by atoms with Crippen LogP contribution in [0.4, 0.5) is 0 Å². The molecule has 36 heavy (non-hydrogen) atoms. The summed E-state index contributed by atoms with van der Waals surface area (Å²) in [5, 5.41) is 0.408. The van der Waals surface area contributed by atoms with Gasteiger partial charge >= 0.3 is 0 Å². The molecule has 0 spiro atoms. The Hall–Kier alpha value is -3.05. The van der Waals surface area contributed by atoms with Gasteiger partial charge in [0, 0.05) is 47.8 Å². The first-order valence-electron chi connectivity index (χ1n) is 12.8. The smallest absolute Gasteiger partial charge is 0.180 e. The van der Waals surface area contributed by atoms with Crippen LogP contribution in [-0.4, -0.2) is 30.1 Å². The van der Waals surface area contributed by atoms with Crippen LogP contribution in [0.5, 0.6) is 11.5 Å². The van der Waals surface area contributed by atoms with Crippen molar-refractivity contribution in [3.63, 3.8) is 0 Å². The van der Waals surface area contributed by atoms with Crippen molar-refractivity contribution in [2.24, 2.45) is 0 Å². The third-order valence-electron chi connectivity index (χ3n) is 7.49. The molecule has 5 rings (SSSR count). The van der Waals surface area contributed by atoms with E-state index in [1.807, 2.05) is 43.3 Å². The van der Waals surface area contributed by atoms with Crippen molar-refractivity contribution in [2.75, 3.05) is 13.7 Å². The summed E-state index contributed by atoms with van der Waals surface area (Å²) in [7, 11) is 1.58. The van der Waals surface area contributed by atoms with Crippen molar-refractivity contribution in [3.05, 3.63) is 80.7 Å². The molecule has 188 valence electrons. The molecule has 1 heterocycles. The van der Waals surface area contributed by atoms with E-state index in [-0.39, 0.29) is 11.6 Å². The monoisotopic (exact) mass is 505 g/mol. The Kier molecular flexibility index (Phi) is 6.94. The number of hydrogen-bond donors (Lipinski definition) is 0. The molecular formula is C30H32ClNO4. The number of aryl methyl sites for hydroxylation is 1. The number of carbonyl (C=O) groups excluding carboxylic acids is 2. The molecule has 2 aromatic carbocycles. The zero-order valence-electron chi connectivity index (χ0n) is 21.2. The number of halogens is 1. The van der Waals surface area contributed by atoms with Gasteiger partial charge in [-0.15, -0.1) is 0 Å². The number of ether oxygens (including phenoxy) is 2. The molecule has 0 atom stereocenters. The first kappa shape index (κ1) is 24.6. The highest BCUT2D eigenvalue weighted by Crippen LogP contribution is 2.51. The lowest BCUT2D eigenvalue weighted by molar-refractivity contribution is -0.117. The maximum atomic E-state index is 13.3. The summed E-state index contributed by atoms with van der Waals surface area (Å²) in [5.41, 5.74) is 6.67. The number of rotatable bonds is 6. The largest absolute Gasteiger partial charge is 0.493 e. The fourth-order valence-electron chi connectivity index (χ4n) is 5.82. The Morgan fingerprint density at radius 1 is 0.944 bits per heavy atom. The maximum Gasteiger partial charge on any atom is 0.180 e. The second-order valence-electron chi connectivity index (χ2n) is 9.76. The Morgan fingerprint density at radius 3 is 2.11 bits per heavy atom. The van der Waals surface area contributed by atoms with Gasteiger partial charge in [-0.1, -0.05) is 41.4 Å². The minimum absolute atomic E-state index is 0.124. The van der Waals surface area contributed by atoms with E-state index in [0.29, 0.717) is 36.0 Å². The summed E-state index contributed by atoms with van der Waals surface area (Å²) >= 11 is 6.79.